The molecule has 1 aliphatic heterocycles. The van der Waals surface area contributed by atoms with Gasteiger partial charge < -0.3 is 9.84 Å². The minimum Gasteiger partial charge on any atom is -0.476 e. The van der Waals surface area contributed by atoms with Crippen LogP contribution < -0.4 is 0 Å². The number of allylic oxidation sites excluding steroid dienone is 2. The zero-order chi connectivity index (χ0) is 19.6. The van der Waals surface area contributed by atoms with Crippen molar-refractivity contribution in [3.8, 4) is 0 Å². The molecule has 3 nitrogen and oxygen atoms in total. The second-order valence-electron chi connectivity index (χ2n) is 8.17. The van der Waals surface area contributed by atoms with Gasteiger partial charge in [-0.3, -0.25) is 0 Å². The van der Waals surface area contributed by atoms with Gasteiger partial charge in [0.25, 0.3) is 0 Å². The van der Waals surface area contributed by atoms with E-state index in [2.05, 4.69) is 24.1 Å². The lowest BCUT2D eigenvalue weighted by molar-refractivity contribution is 0.0196. The molecule has 0 aromatic rings. The highest BCUT2D eigenvalue weighted by Crippen LogP contribution is 2.21. The maximum Gasteiger partial charge on any atom is 0.193 e. The molecule has 0 spiro atoms. The molecule has 1 heterocycles. The summed E-state index contributed by atoms with van der Waals surface area (Å²) in [5, 5.41) is 10.00. The molecule has 3 heteroatoms. The zero-order valence-electron chi connectivity index (χ0n) is 18.2. The molecule has 0 amide bonds. The number of aliphatic hydroxyl groups is 1. The summed E-state index contributed by atoms with van der Waals surface area (Å²) < 4.78 is 5.48. The van der Waals surface area contributed by atoms with E-state index in [0.29, 0.717) is 13.0 Å². The molecule has 0 saturated carbocycles. The third kappa shape index (κ3) is 13.1. The number of hydrogen-bond donors (Lipinski definition) is 1. The average molecular weight is 380 g/mol. The monoisotopic (exact) mass is 379 g/mol. The molecule has 1 atom stereocenters. The summed E-state index contributed by atoms with van der Waals surface area (Å²) in [6, 6.07) is 0. The first kappa shape index (κ1) is 24.2. The van der Waals surface area contributed by atoms with Crippen molar-refractivity contribution in [3.63, 3.8) is 0 Å². The van der Waals surface area contributed by atoms with Crippen molar-refractivity contribution in [3.05, 3.63) is 12.2 Å². The Kier molecular flexibility index (Phi) is 14.5. The maximum atomic E-state index is 10.00. The van der Waals surface area contributed by atoms with Crippen molar-refractivity contribution in [1.82, 2.24) is 0 Å². The molecule has 0 aromatic heterocycles. The molecule has 1 unspecified atom stereocenters. The highest BCUT2D eigenvalue weighted by Gasteiger charge is 2.31. The average Bonchev–Trinajstić information content (AvgIpc) is 3.06. The molecule has 0 saturated heterocycles. The highest BCUT2D eigenvalue weighted by atomic mass is 16.5. The summed E-state index contributed by atoms with van der Waals surface area (Å²) in [6.07, 6.45) is 26.3. The van der Waals surface area contributed by atoms with E-state index in [1.165, 1.54) is 89.9 Å². The van der Waals surface area contributed by atoms with E-state index in [1.54, 1.807) is 0 Å². The molecular formula is C24H45NO2. The van der Waals surface area contributed by atoms with Crippen LogP contribution in [0.4, 0.5) is 0 Å². The molecule has 0 radical (unpaired) electrons. The van der Waals surface area contributed by atoms with Crippen LogP contribution in [0.5, 0.6) is 0 Å². The van der Waals surface area contributed by atoms with Crippen LogP contribution in [0.3, 0.4) is 0 Å². The first-order valence-electron chi connectivity index (χ1n) is 11.8. The Bertz CT molecular complexity index is 405. The Balaban J connectivity index is 1.79. The first-order valence-corrected chi connectivity index (χ1v) is 11.8. The minimum absolute atomic E-state index is 0.340. The summed E-state index contributed by atoms with van der Waals surface area (Å²) in [4.78, 5) is 4.29. The van der Waals surface area contributed by atoms with E-state index in [0.717, 1.165) is 18.7 Å². The van der Waals surface area contributed by atoms with Crippen LogP contribution in [0.1, 0.15) is 123 Å². The molecule has 158 valence electrons. The number of nitrogens with zero attached hydrogens (tertiary/aromatic N) is 1. The van der Waals surface area contributed by atoms with Gasteiger partial charge in [0.15, 0.2) is 11.6 Å². The summed E-state index contributed by atoms with van der Waals surface area (Å²) in [6.45, 7) is 4.56. The molecular weight excluding hydrogens is 334 g/mol. The van der Waals surface area contributed by atoms with Crippen LogP contribution in [-0.4, -0.2) is 23.3 Å². The van der Waals surface area contributed by atoms with Crippen LogP contribution >= 0.6 is 0 Å². The van der Waals surface area contributed by atoms with E-state index in [9.17, 15) is 5.11 Å². The van der Waals surface area contributed by atoms with Gasteiger partial charge in [0.05, 0.1) is 0 Å². The van der Waals surface area contributed by atoms with E-state index in [1.807, 2.05) is 6.92 Å². The molecule has 0 bridgehead atoms. The van der Waals surface area contributed by atoms with Gasteiger partial charge in [0.2, 0.25) is 0 Å². The van der Waals surface area contributed by atoms with Crippen molar-refractivity contribution < 1.29 is 9.84 Å². The normalized spacial score (nSPS) is 19.6. The van der Waals surface area contributed by atoms with Gasteiger partial charge in [-0.05, 0) is 38.5 Å². The predicted octanol–water partition coefficient (Wildman–Crippen LogP) is 7.33. The van der Waals surface area contributed by atoms with Crippen LogP contribution in [0, 0.1) is 0 Å². The zero-order valence-corrected chi connectivity index (χ0v) is 18.2. The second kappa shape index (κ2) is 16.2. The van der Waals surface area contributed by atoms with Crippen molar-refractivity contribution in [2.45, 2.75) is 129 Å². The highest BCUT2D eigenvalue weighted by molar-refractivity contribution is 5.77. The van der Waals surface area contributed by atoms with Crippen LogP contribution in [0.2, 0.25) is 0 Å². The summed E-state index contributed by atoms with van der Waals surface area (Å²) in [5.74, 6) is 0.757. The van der Waals surface area contributed by atoms with E-state index < -0.39 is 5.72 Å². The number of unbranched alkanes of at least 4 members (excludes halogenated alkanes) is 13. The Hall–Kier alpha value is -0.830. The largest absolute Gasteiger partial charge is 0.476 e. The lowest BCUT2D eigenvalue weighted by Gasteiger charge is -2.12. The Morgan fingerprint density at radius 2 is 1.33 bits per heavy atom. The third-order valence-electron chi connectivity index (χ3n) is 5.52. The van der Waals surface area contributed by atoms with Gasteiger partial charge in [-0.2, -0.15) is 0 Å². The Labute approximate surface area is 168 Å². The van der Waals surface area contributed by atoms with Crippen molar-refractivity contribution in [1.29, 1.82) is 0 Å². The van der Waals surface area contributed by atoms with Gasteiger partial charge in [-0.25, -0.2) is 4.99 Å². The van der Waals surface area contributed by atoms with Crippen molar-refractivity contribution in [2.75, 3.05) is 6.61 Å². The Morgan fingerprint density at radius 3 is 1.85 bits per heavy atom. The number of hydrogen-bond acceptors (Lipinski definition) is 3. The van der Waals surface area contributed by atoms with Gasteiger partial charge in [-0.15, -0.1) is 0 Å². The third-order valence-corrected chi connectivity index (χ3v) is 5.52. The van der Waals surface area contributed by atoms with E-state index >= 15 is 0 Å². The first-order chi connectivity index (χ1) is 13.2. The number of aliphatic imine (C=N–C) groups is 1. The quantitative estimate of drug-likeness (QED) is 0.200. The van der Waals surface area contributed by atoms with Crippen LogP contribution in [0.25, 0.3) is 0 Å². The van der Waals surface area contributed by atoms with E-state index in [-0.39, 0.29) is 0 Å². The molecule has 0 aromatic carbocycles. The minimum atomic E-state index is -0.946. The van der Waals surface area contributed by atoms with Crippen LogP contribution in [0.15, 0.2) is 17.1 Å². The van der Waals surface area contributed by atoms with E-state index in [4.69, 9.17) is 4.74 Å². The lowest BCUT2D eigenvalue weighted by atomic mass is 10.1. The van der Waals surface area contributed by atoms with Crippen molar-refractivity contribution in [2.24, 2.45) is 4.99 Å². The second-order valence-corrected chi connectivity index (χ2v) is 8.17. The van der Waals surface area contributed by atoms with Gasteiger partial charge in [0, 0.05) is 6.42 Å². The van der Waals surface area contributed by atoms with Crippen molar-refractivity contribution >= 4 is 5.90 Å². The summed E-state index contributed by atoms with van der Waals surface area (Å²) in [7, 11) is 0. The topological polar surface area (TPSA) is 41.8 Å². The molecule has 27 heavy (non-hydrogen) atoms. The van der Waals surface area contributed by atoms with Gasteiger partial charge in [-0.1, -0.05) is 90.2 Å². The fourth-order valence-corrected chi connectivity index (χ4v) is 3.51. The SMILES string of the molecule is CCCCCCCCC=CCCCCCCCCCC1=NC(O)(CC)CO1. The molecule has 0 aliphatic carbocycles. The predicted molar refractivity (Wildman–Crippen MR) is 117 cm³/mol. The van der Waals surface area contributed by atoms with Gasteiger partial charge >= 0.3 is 0 Å². The molecule has 1 aliphatic rings. The summed E-state index contributed by atoms with van der Waals surface area (Å²) in [5.41, 5.74) is -0.946. The number of ether oxygens (including phenoxy) is 1. The fraction of sp³-hybridized carbons (Fsp3) is 0.875. The number of rotatable bonds is 18. The lowest BCUT2D eigenvalue weighted by Crippen LogP contribution is -2.25. The van der Waals surface area contributed by atoms with Gasteiger partial charge in [0.1, 0.15) is 6.61 Å². The van der Waals surface area contributed by atoms with Crippen LogP contribution in [-0.2, 0) is 4.74 Å². The Morgan fingerprint density at radius 1 is 0.815 bits per heavy atom. The maximum absolute atomic E-state index is 10.00. The molecule has 1 rings (SSSR count). The summed E-state index contributed by atoms with van der Waals surface area (Å²) >= 11 is 0. The molecule has 0 fully saturated rings. The fourth-order valence-electron chi connectivity index (χ4n) is 3.51. The smallest absolute Gasteiger partial charge is 0.193 e. The molecule has 1 N–H and O–H groups in total. The standard InChI is InChI=1S/C24H45NO2/c1-3-5-6-7-8-9-10-11-12-13-14-15-16-17-18-19-20-21-23-25-24(26,4-2)22-27-23/h11-12,26H,3-10,13-22H2,1-2H3.